The molecule has 9 nitrogen and oxygen atoms in total. The Morgan fingerprint density at radius 1 is 1.18 bits per heavy atom. The predicted molar refractivity (Wildman–Crippen MR) is 121 cm³/mol. The van der Waals surface area contributed by atoms with Gasteiger partial charge in [0.1, 0.15) is 12.4 Å². The lowest BCUT2D eigenvalue weighted by atomic mass is 10.0. The minimum absolute atomic E-state index is 0.210. The minimum Gasteiger partial charge on any atom is -0.341 e. The molecule has 34 heavy (non-hydrogen) atoms. The van der Waals surface area contributed by atoms with Crippen LogP contribution >= 0.6 is 0 Å². The molecule has 0 spiro atoms. The normalized spacial score (nSPS) is 17.1. The number of nitrogens with one attached hydrogen (secondary N) is 2. The molecule has 1 atom stereocenters. The summed E-state index contributed by atoms with van der Waals surface area (Å²) in [6.07, 6.45) is 3.69. The lowest BCUT2D eigenvalue weighted by molar-refractivity contribution is -0.137. The van der Waals surface area contributed by atoms with Crippen LogP contribution in [0, 0.1) is 11.8 Å². The van der Waals surface area contributed by atoms with Crippen LogP contribution < -0.4 is 10.6 Å². The summed E-state index contributed by atoms with van der Waals surface area (Å²) in [5.41, 5.74) is 3.61. The highest BCUT2D eigenvalue weighted by Gasteiger charge is 2.39. The average Bonchev–Trinajstić information content (AvgIpc) is 3.16. The van der Waals surface area contributed by atoms with E-state index in [1.165, 1.54) is 11.2 Å². The molecule has 1 saturated heterocycles. The van der Waals surface area contributed by atoms with E-state index < -0.39 is 17.9 Å². The van der Waals surface area contributed by atoms with Gasteiger partial charge in [0, 0.05) is 48.1 Å². The van der Waals surface area contributed by atoms with Crippen molar-refractivity contribution in [1.82, 2.24) is 25.5 Å². The Hall–Kier alpha value is -4.58. The zero-order valence-electron chi connectivity index (χ0n) is 18.0. The molecular weight excluding hydrogens is 434 g/mol. The maximum absolute atomic E-state index is 12.8. The SMILES string of the molecule is O=C(C#Cc1ccc2ncncc2c1)NCc1ccc2c(c1)CN(C1CCC(=O)NC1=O)C2=O. The fourth-order valence-electron chi connectivity index (χ4n) is 4.16. The number of carbonyl (C=O) groups excluding carboxylic acids is 4. The number of hydrogen-bond acceptors (Lipinski definition) is 6. The molecule has 5 rings (SSSR count). The monoisotopic (exact) mass is 453 g/mol. The van der Waals surface area contributed by atoms with Crippen molar-refractivity contribution in [2.45, 2.75) is 32.0 Å². The molecule has 1 unspecified atom stereocenters. The van der Waals surface area contributed by atoms with Crippen molar-refractivity contribution in [3.63, 3.8) is 0 Å². The molecule has 2 aromatic carbocycles. The Labute approximate surface area is 194 Å². The lowest BCUT2D eigenvalue weighted by Crippen LogP contribution is -2.52. The van der Waals surface area contributed by atoms with Crippen molar-refractivity contribution < 1.29 is 19.2 Å². The number of carbonyl (C=O) groups is 4. The van der Waals surface area contributed by atoms with Crippen LogP contribution in [0.4, 0.5) is 0 Å². The minimum atomic E-state index is -0.655. The molecule has 4 amide bonds. The van der Waals surface area contributed by atoms with Crippen molar-refractivity contribution in [3.05, 3.63) is 71.2 Å². The molecular formula is C25H19N5O4. The molecule has 0 aliphatic carbocycles. The quantitative estimate of drug-likeness (QED) is 0.452. The van der Waals surface area contributed by atoms with E-state index in [9.17, 15) is 19.2 Å². The first kappa shape index (κ1) is 21.3. The number of amides is 4. The second-order valence-electron chi connectivity index (χ2n) is 8.12. The summed E-state index contributed by atoms with van der Waals surface area (Å²) in [7, 11) is 0. The molecule has 3 heterocycles. The van der Waals surface area contributed by atoms with Gasteiger partial charge in [0.2, 0.25) is 11.8 Å². The maximum atomic E-state index is 12.8. The number of hydrogen-bond donors (Lipinski definition) is 2. The van der Waals surface area contributed by atoms with Gasteiger partial charge in [-0.05, 0) is 41.8 Å². The van der Waals surface area contributed by atoms with Crippen molar-refractivity contribution >= 4 is 34.5 Å². The number of nitrogens with zero attached hydrogens (tertiary/aromatic N) is 3. The first-order chi connectivity index (χ1) is 16.5. The summed E-state index contributed by atoms with van der Waals surface area (Å²) in [4.78, 5) is 58.2. The fourth-order valence-corrected chi connectivity index (χ4v) is 4.16. The fraction of sp³-hybridized carbons (Fsp3) is 0.200. The van der Waals surface area contributed by atoms with Crippen LogP contribution in [0.5, 0.6) is 0 Å². The molecule has 0 radical (unpaired) electrons. The highest BCUT2D eigenvalue weighted by molar-refractivity contribution is 6.05. The van der Waals surface area contributed by atoms with E-state index in [2.05, 4.69) is 32.4 Å². The molecule has 2 aliphatic heterocycles. The van der Waals surface area contributed by atoms with Crippen LogP contribution in [0.25, 0.3) is 10.9 Å². The molecule has 3 aromatic rings. The number of imide groups is 1. The van der Waals surface area contributed by atoms with Crippen LogP contribution in [0.2, 0.25) is 0 Å². The average molecular weight is 453 g/mol. The van der Waals surface area contributed by atoms with Crippen LogP contribution in [0.1, 0.15) is 39.9 Å². The maximum Gasteiger partial charge on any atom is 0.296 e. The molecule has 2 aliphatic rings. The third-order valence-corrected chi connectivity index (χ3v) is 5.87. The molecule has 2 N–H and O–H groups in total. The highest BCUT2D eigenvalue weighted by Crippen LogP contribution is 2.28. The van der Waals surface area contributed by atoms with Crippen molar-refractivity contribution in [1.29, 1.82) is 0 Å². The Bertz CT molecular complexity index is 1420. The zero-order valence-corrected chi connectivity index (χ0v) is 18.0. The van der Waals surface area contributed by atoms with Crippen LogP contribution in [-0.4, -0.2) is 44.5 Å². The van der Waals surface area contributed by atoms with E-state index in [-0.39, 0.29) is 31.3 Å². The molecule has 0 saturated carbocycles. The first-order valence-corrected chi connectivity index (χ1v) is 10.7. The summed E-state index contributed by atoms with van der Waals surface area (Å²) >= 11 is 0. The number of benzene rings is 2. The number of piperidine rings is 1. The van der Waals surface area contributed by atoms with Gasteiger partial charge in [-0.25, -0.2) is 9.97 Å². The number of fused-ring (bicyclic) bond motifs is 2. The summed E-state index contributed by atoms with van der Waals surface area (Å²) in [5.74, 6) is 4.00. The lowest BCUT2D eigenvalue weighted by Gasteiger charge is -2.29. The molecule has 9 heteroatoms. The number of aromatic nitrogens is 2. The van der Waals surface area contributed by atoms with E-state index in [0.29, 0.717) is 17.5 Å². The third kappa shape index (κ3) is 4.21. The first-order valence-electron chi connectivity index (χ1n) is 10.7. The summed E-state index contributed by atoms with van der Waals surface area (Å²) in [6.45, 7) is 0.534. The predicted octanol–water partition coefficient (Wildman–Crippen LogP) is 1.06. The Morgan fingerprint density at radius 3 is 2.91 bits per heavy atom. The van der Waals surface area contributed by atoms with Crippen molar-refractivity contribution in [2.24, 2.45) is 0 Å². The summed E-state index contributed by atoms with van der Waals surface area (Å²) < 4.78 is 0. The van der Waals surface area contributed by atoms with E-state index in [1.807, 2.05) is 18.2 Å². The second-order valence-corrected chi connectivity index (χ2v) is 8.12. The van der Waals surface area contributed by atoms with E-state index in [1.54, 1.807) is 24.4 Å². The standard InChI is InChI=1S/C25H19N5O4/c31-22(7-3-15-2-5-20-17(9-15)12-26-14-28-20)27-11-16-1-4-19-18(10-16)13-30(25(19)34)21-6-8-23(32)29-24(21)33/h1-2,4-5,9-10,12,14,21H,6,8,11,13H2,(H,27,31)(H,29,32,33). The van der Waals surface area contributed by atoms with Crippen LogP contribution in [0.3, 0.4) is 0 Å². The molecule has 1 fully saturated rings. The highest BCUT2D eigenvalue weighted by atomic mass is 16.2. The van der Waals surface area contributed by atoms with Gasteiger partial charge >= 0.3 is 0 Å². The second kappa shape index (κ2) is 8.75. The van der Waals surface area contributed by atoms with Gasteiger partial charge in [-0.2, -0.15) is 0 Å². The van der Waals surface area contributed by atoms with Gasteiger partial charge in [-0.15, -0.1) is 0 Å². The van der Waals surface area contributed by atoms with Gasteiger partial charge in [0.05, 0.1) is 5.52 Å². The molecule has 0 bridgehead atoms. The van der Waals surface area contributed by atoms with Gasteiger partial charge in [-0.1, -0.05) is 18.1 Å². The molecule has 168 valence electrons. The van der Waals surface area contributed by atoms with Gasteiger partial charge in [0.25, 0.3) is 11.8 Å². The van der Waals surface area contributed by atoms with Crippen LogP contribution in [-0.2, 0) is 27.5 Å². The van der Waals surface area contributed by atoms with Gasteiger partial charge in [-0.3, -0.25) is 24.5 Å². The van der Waals surface area contributed by atoms with E-state index >= 15 is 0 Å². The van der Waals surface area contributed by atoms with E-state index in [0.717, 1.165) is 22.0 Å². The number of rotatable bonds is 3. The van der Waals surface area contributed by atoms with Gasteiger partial charge < -0.3 is 10.2 Å². The van der Waals surface area contributed by atoms with Crippen LogP contribution in [0.15, 0.2) is 48.9 Å². The Kier molecular flexibility index (Phi) is 5.47. The van der Waals surface area contributed by atoms with E-state index in [4.69, 9.17) is 0 Å². The van der Waals surface area contributed by atoms with Gasteiger partial charge in [0.15, 0.2) is 0 Å². The largest absolute Gasteiger partial charge is 0.341 e. The Balaban J connectivity index is 1.22. The summed E-state index contributed by atoms with van der Waals surface area (Å²) in [6, 6.07) is 10.1. The smallest absolute Gasteiger partial charge is 0.296 e. The molecule has 1 aromatic heterocycles. The van der Waals surface area contributed by atoms with Crippen molar-refractivity contribution in [2.75, 3.05) is 0 Å². The Morgan fingerprint density at radius 2 is 2.06 bits per heavy atom. The topological polar surface area (TPSA) is 121 Å². The third-order valence-electron chi connectivity index (χ3n) is 5.87. The summed E-state index contributed by atoms with van der Waals surface area (Å²) in [5, 5.41) is 5.89. The zero-order chi connectivity index (χ0) is 23.7. The van der Waals surface area contributed by atoms with Crippen molar-refractivity contribution in [3.8, 4) is 11.8 Å².